The van der Waals surface area contributed by atoms with Crippen LogP contribution in [0.3, 0.4) is 0 Å². The van der Waals surface area contributed by atoms with Crippen LogP contribution in [-0.2, 0) is 21.1 Å². The predicted molar refractivity (Wildman–Crippen MR) is 31.2 cm³/mol. The zero-order valence-electron chi connectivity index (χ0n) is 7.06. The van der Waals surface area contributed by atoms with Gasteiger partial charge in [0.25, 0.3) is 0 Å². The summed E-state index contributed by atoms with van der Waals surface area (Å²) in [6, 6.07) is 10.3. The molecule has 0 aliphatic rings. The number of aryl methyl sites for hydroxylation is 1. The van der Waals surface area contributed by atoms with Gasteiger partial charge in [0.1, 0.15) is 0 Å². The Hall–Kier alpha value is 1.65. The Morgan fingerprint density at radius 2 is 0.929 bits per heavy atom. The third kappa shape index (κ3) is 23.5. The van der Waals surface area contributed by atoms with E-state index in [2.05, 4.69) is 19.1 Å². The fourth-order valence-corrected chi connectivity index (χ4v) is 0.534. The molecule has 0 amide bonds. The van der Waals surface area contributed by atoms with Crippen molar-refractivity contribution in [2.24, 2.45) is 0 Å². The first-order chi connectivity index (χ1) is 3.39. The Morgan fingerprint density at radius 1 is 0.643 bits per heavy atom. The Bertz CT molecular complexity index is 148. The van der Waals surface area contributed by atoms with E-state index in [4.69, 9.17) is 0 Å². The molecule has 0 spiro atoms. The first kappa shape index (κ1) is 44.9. The summed E-state index contributed by atoms with van der Waals surface area (Å²) in [4.78, 5) is 0. The van der Waals surface area contributed by atoms with E-state index in [0.717, 1.165) is 0 Å². The van der Waals surface area contributed by atoms with Gasteiger partial charge in [0, 0.05) is 21.1 Å². The topological polar surface area (TPSA) is 0 Å². The number of rotatable bonds is 0. The zero-order chi connectivity index (χ0) is 5.11. The average Bonchev–Trinajstić information content (AvgIpc) is 1.69. The van der Waals surface area contributed by atoms with Gasteiger partial charge in [-0.05, 0) is 6.92 Å². The van der Waals surface area contributed by atoms with Crippen LogP contribution < -0.4 is 74.4 Å². The van der Waals surface area contributed by atoms with Crippen molar-refractivity contribution in [3.05, 3.63) is 35.9 Å². The van der Waals surface area contributed by atoms with Gasteiger partial charge in [0.05, 0.1) is 0 Å². The molecule has 0 nitrogen and oxygen atoms in total. The molecule has 1 rings (SSSR count). The second-order valence-corrected chi connectivity index (χ2v) is 1.65. The maximum absolute atomic E-state index is 2.08. The van der Waals surface area contributed by atoms with E-state index in [9.17, 15) is 0 Å². The van der Waals surface area contributed by atoms with Gasteiger partial charge in [-0.15, -0.1) is 0 Å². The van der Waals surface area contributed by atoms with Crippen molar-refractivity contribution in [1.82, 2.24) is 0 Å². The Balaban J connectivity index is -0.0000000140. The van der Waals surface area contributed by atoms with E-state index in [0.29, 0.717) is 0 Å². The van der Waals surface area contributed by atoms with Gasteiger partial charge in [0.2, 0.25) is 0 Å². The first-order valence-electron chi connectivity index (χ1n) is 2.41. The Kier molecular flexibility index (Phi) is 94.0. The van der Waals surface area contributed by atoms with E-state index in [-0.39, 0.29) is 95.5 Å². The van der Waals surface area contributed by atoms with Crippen LogP contribution in [0.4, 0.5) is 0 Å². The summed E-state index contributed by atoms with van der Waals surface area (Å²) in [5.41, 5.74) is 1.32. The van der Waals surface area contributed by atoms with Crippen LogP contribution in [0.2, 0.25) is 0 Å². The molecule has 0 radical (unpaired) electrons. The molecule has 7 heteroatoms. The van der Waals surface area contributed by atoms with Gasteiger partial charge in [-0.1, -0.05) is 35.9 Å². The van der Waals surface area contributed by atoms with Gasteiger partial charge >= 0.3 is 0 Å². The molecular weight excluding hydrogens is 481 g/mol. The summed E-state index contributed by atoms with van der Waals surface area (Å²) in [5, 5.41) is 0. The van der Waals surface area contributed by atoms with Crippen molar-refractivity contribution in [2.45, 2.75) is 6.92 Å². The molecule has 0 fully saturated rings. The Morgan fingerprint density at radius 3 is 1.07 bits per heavy atom. The molecule has 1 aromatic rings. The van der Waals surface area contributed by atoms with Crippen molar-refractivity contribution in [2.75, 3.05) is 0 Å². The summed E-state index contributed by atoms with van der Waals surface area (Å²) in [6.45, 7) is 2.08. The van der Waals surface area contributed by atoms with Crippen LogP contribution in [0.25, 0.3) is 0 Å². The summed E-state index contributed by atoms with van der Waals surface area (Å²) in [6.07, 6.45) is 0. The van der Waals surface area contributed by atoms with E-state index in [1.807, 2.05) is 18.2 Å². The van der Waals surface area contributed by atoms with Crippen LogP contribution in [0, 0.1) is 6.92 Å². The third-order valence-corrected chi connectivity index (χ3v) is 0.940. The second-order valence-electron chi connectivity index (χ2n) is 1.65. The summed E-state index contributed by atoms with van der Waals surface area (Å²) >= 11 is 0. The minimum Gasteiger partial charge on any atom is -1.00 e. The van der Waals surface area contributed by atoms with Crippen molar-refractivity contribution in [1.29, 1.82) is 0 Å². The van der Waals surface area contributed by atoms with Gasteiger partial charge < -0.3 is 74.4 Å². The van der Waals surface area contributed by atoms with Gasteiger partial charge in [-0.3, -0.25) is 0 Å². The monoisotopic (exact) mass is 486 g/mol. The third-order valence-electron chi connectivity index (χ3n) is 0.940. The number of halogens is 6. The SMILES string of the molecule is Cc1ccccc1.[Cl-].[Cl-].[Cl-].[Cl-].[Cl-].[Cl-].[W]. The molecule has 0 unspecified atom stereocenters. The second kappa shape index (κ2) is 29.3. The largest absolute Gasteiger partial charge is 1.00 e. The van der Waals surface area contributed by atoms with Crippen LogP contribution in [0.5, 0.6) is 0 Å². The molecule has 0 N–H and O–H groups in total. The molecule has 0 saturated carbocycles. The normalized spacial score (nSPS) is 4.36. The zero-order valence-corrected chi connectivity index (χ0v) is 14.5. The van der Waals surface area contributed by atoms with Crippen LogP contribution in [0.1, 0.15) is 5.56 Å². The molecule has 0 atom stereocenters. The quantitative estimate of drug-likeness (QED) is 0.340. The number of hydrogen-bond acceptors (Lipinski definition) is 0. The summed E-state index contributed by atoms with van der Waals surface area (Å²) < 4.78 is 0. The fraction of sp³-hybridized carbons (Fsp3) is 0.143. The van der Waals surface area contributed by atoms with E-state index < -0.39 is 0 Å². The van der Waals surface area contributed by atoms with Gasteiger partial charge in [0.15, 0.2) is 0 Å². The number of hydrogen-bond donors (Lipinski definition) is 0. The van der Waals surface area contributed by atoms with Crippen LogP contribution in [-0.4, -0.2) is 0 Å². The summed E-state index contributed by atoms with van der Waals surface area (Å²) in [7, 11) is 0. The van der Waals surface area contributed by atoms with Gasteiger partial charge in [-0.25, -0.2) is 0 Å². The van der Waals surface area contributed by atoms with Crippen LogP contribution in [0.15, 0.2) is 30.3 Å². The Labute approximate surface area is 137 Å². The molecule has 90 valence electrons. The summed E-state index contributed by atoms with van der Waals surface area (Å²) in [5.74, 6) is 0. The molecular formula is C7H8Cl6W-6. The van der Waals surface area contributed by atoms with E-state index in [1.165, 1.54) is 5.56 Å². The van der Waals surface area contributed by atoms with Crippen molar-refractivity contribution >= 4 is 0 Å². The first-order valence-corrected chi connectivity index (χ1v) is 2.41. The van der Waals surface area contributed by atoms with Gasteiger partial charge in [-0.2, -0.15) is 0 Å². The predicted octanol–water partition coefficient (Wildman–Crippen LogP) is -16.0. The molecule has 0 heterocycles. The minimum absolute atomic E-state index is 0. The maximum Gasteiger partial charge on any atom is 0 e. The molecule has 0 aliphatic heterocycles. The molecule has 14 heavy (non-hydrogen) atoms. The van der Waals surface area contributed by atoms with E-state index >= 15 is 0 Å². The maximum atomic E-state index is 2.08. The molecule has 0 aliphatic carbocycles. The molecule has 1 aromatic carbocycles. The average molecular weight is 489 g/mol. The fourth-order valence-electron chi connectivity index (χ4n) is 0.534. The number of benzene rings is 1. The minimum atomic E-state index is 0. The van der Waals surface area contributed by atoms with Crippen molar-refractivity contribution in [3.8, 4) is 0 Å². The van der Waals surface area contributed by atoms with E-state index in [1.54, 1.807) is 0 Å². The van der Waals surface area contributed by atoms with Crippen LogP contribution >= 0.6 is 0 Å². The smallest absolute Gasteiger partial charge is 0 e. The molecule has 0 aromatic heterocycles. The van der Waals surface area contributed by atoms with Crippen molar-refractivity contribution < 1.29 is 95.5 Å². The van der Waals surface area contributed by atoms with Crippen molar-refractivity contribution in [3.63, 3.8) is 0 Å². The molecule has 0 saturated heterocycles. The molecule has 0 bridgehead atoms. The standard InChI is InChI=1S/C7H8.6ClH.W/c1-7-5-3-2-4-6-7;;;;;;;/h2-6H,1H3;6*1H;/p-6.